The Morgan fingerprint density at radius 1 is 0.880 bits per heavy atom. The van der Waals surface area contributed by atoms with E-state index in [4.69, 9.17) is 11.3 Å². The molecule has 3 saturated heterocycles. The van der Waals surface area contributed by atoms with Crippen molar-refractivity contribution >= 4 is 37.2 Å². The number of hydrogen-bond acceptors (Lipinski definition) is 4. The first kappa shape index (κ1) is 15.8. The van der Waals surface area contributed by atoms with Gasteiger partial charge in [-0.3, -0.25) is 0 Å². The average Bonchev–Trinajstić information content (AvgIpc) is 2.90. The fourth-order valence-electron chi connectivity index (χ4n) is 3.88. The summed E-state index contributed by atoms with van der Waals surface area (Å²) in [5, 5.41) is 2.60. The summed E-state index contributed by atoms with van der Waals surface area (Å²) in [4.78, 5) is 2.40. The monoisotopic (exact) mass is 399 g/mol. The molecule has 1 atom stereocenters. The molecule has 3 aliphatic rings. The van der Waals surface area contributed by atoms with E-state index in [2.05, 4.69) is 58.0 Å². The fourth-order valence-corrected chi connectivity index (χ4v) is 6.31. The number of aromatic nitrogens is 1. The Morgan fingerprint density at radius 3 is 2.12 bits per heavy atom. The SMILES string of the molecule is c1ccc2c(c1)c1ccccc1n2CC1CN2CC[O][Ge]([O]CC2)[O]1. The maximum atomic E-state index is 6.29. The number of fused-ring (bicyclic) bond motifs is 9. The third-order valence-electron chi connectivity index (χ3n) is 5.05. The van der Waals surface area contributed by atoms with E-state index in [1.54, 1.807) is 0 Å². The van der Waals surface area contributed by atoms with Crippen molar-refractivity contribution in [1.29, 1.82) is 0 Å². The molecule has 5 nitrogen and oxygen atoms in total. The number of para-hydroxylation sites is 2. The Kier molecular flexibility index (Phi) is 4.27. The van der Waals surface area contributed by atoms with Gasteiger partial charge in [-0.05, 0) is 0 Å². The summed E-state index contributed by atoms with van der Waals surface area (Å²) in [5.41, 5.74) is 2.53. The molecule has 4 heterocycles. The zero-order valence-electron chi connectivity index (χ0n) is 14.1. The fraction of sp³-hybridized carbons (Fsp3) is 0.368. The molecule has 2 aromatic carbocycles. The summed E-state index contributed by atoms with van der Waals surface area (Å²) < 4.78 is 20.4. The molecule has 3 aromatic rings. The van der Waals surface area contributed by atoms with Crippen LogP contribution in [0, 0.1) is 0 Å². The van der Waals surface area contributed by atoms with Crippen LogP contribution in [0.4, 0.5) is 0 Å². The Morgan fingerprint density at radius 2 is 1.48 bits per heavy atom. The van der Waals surface area contributed by atoms with Crippen LogP contribution in [0.5, 0.6) is 0 Å². The van der Waals surface area contributed by atoms with Gasteiger partial charge in [0, 0.05) is 0 Å². The van der Waals surface area contributed by atoms with Crippen molar-refractivity contribution in [2.45, 2.75) is 12.6 Å². The van der Waals surface area contributed by atoms with Crippen molar-refractivity contribution in [2.24, 2.45) is 0 Å². The van der Waals surface area contributed by atoms with Crippen LogP contribution in [-0.4, -0.2) is 63.8 Å². The Bertz CT molecular complexity index is 819. The first-order valence-corrected chi connectivity index (χ1v) is 11.4. The molecule has 3 fully saturated rings. The van der Waals surface area contributed by atoms with Crippen LogP contribution in [0.3, 0.4) is 0 Å². The van der Waals surface area contributed by atoms with Gasteiger partial charge in [-0.15, -0.1) is 0 Å². The molecule has 1 unspecified atom stereocenters. The number of nitrogens with zero attached hydrogens (tertiary/aromatic N) is 2. The van der Waals surface area contributed by atoms with Crippen LogP contribution < -0.4 is 0 Å². The predicted octanol–water partition coefficient (Wildman–Crippen LogP) is 2.53. The maximum absolute atomic E-state index is 6.29. The minimum atomic E-state index is -2.30. The van der Waals surface area contributed by atoms with Crippen molar-refractivity contribution in [1.82, 2.24) is 9.47 Å². The normalized spacial score (nSPS) is 25.1. The van der Waals surface area contributed by atoms with E-state index in [-0.39, 0.29) is 6.10 Å². The van der Waals surface area contributed by atoms with Gasteiger partial charge in [-0.1, -0.05) is 0 Å². The molecule has 1 radical (unpaired) electrons. The van der Waals surface area contributed by atoms with Gasteiger partial charge in [-0.2, -0.15) is 0 Å². The summed E-state index contributed by atoms with van der Waals surface area (Å²) in [7, 11) is 0. The number of rotatable bonds is 2. The molecule has 25 heavy (non-hydrogen) atoms. The molecule has 0 N–H and O–H groups in total. The van der Waals surface area contributed by atoms with Gasteiger partial charge in [-0.25, -0.2) is 0 Å². The van der Waals surface area contributed by atoms with E-state index in [1.807, 2.05) is 0 Å². The molecule has 0 amide bonds. The van der Waals surface area contributed by atoms with E-state index in [0.717, 1.165) is 39.4 Å². The van der Waals surface area contributed by atoms with Crippen molar-refractivity contribution in [3.05, 3.63) is 48.5 Å². The van der Waals surface area contributed by atoms with Crippen molar-refractivity contribution < 1.29 is 11.3 Å². The van der Waals surface area contributed by atoms with Crippen LogP contribution in [0.2, 0.25) is 0 Å². The molecule has 0 saturated carbocycles. The standard InChI is InChI=1S/C19H21GeN2O3/c1-3-7-18-16(5-1)17-6-2-4-8-19(17)22(18)14-15-13-21-9-11-23-20(25-15)24-12-10-21/h1-8,15H,9-14H2. The summed E-state index contributed by atoms with van der Waals surface area (Å²) >= 11 is -2.30. The first-order chi connectivity index (χ1) is 12.4. The third-order valence-corrected chi connectivity index (χ3v) is 7.99. The molecular weight excluding hydrogens is 377 g/mol. The average molecular weight is 398 g/mol. The molecule has 0 aliphatic carbocycles. The Hall–Kier alpha value is -1.38. The molecule has 2 bridgehead atoms. The van der Waals surface area contributed by atoms with E-state index in [1.165, 1.54) is 21.8 Å². The number of benzene rings is 2. The van der Waals surface area contributed by atoms with Crippen LogP contribution in [0.25, 0.3) is 21.8 Å². The molecule has 6 heteroatoms. The molecule has 6 rings (SSSR count). The first-order valence-electron chi connectivity index (χ1n) is 8.86. The van der Waals surface area contributed by atoms with Gasteiger partial charge in [0.1, 0.15) is 0 Å². The predicted molar refractivity (Wildman–Crippen MR) is 98.4 cm³/mol. The van der Waals surface area contributed by atoms with Gasteiger partial charge in [0.2, 0.25) is 0 Å². The topological polar surface area (TPSA) is 35.9 Å². The zero-order chi connectivity index (χ0) is 16.6. The summed E-state index contributed by atoms with van der Waals surface area (Å²) in [6, 6.07) is 17.2. The van der Waals surface area contributed by atoms with Crippen molar-refractivity contribution in [3.63, 3.8) is 0 Å². The van der Waals surface area contributed by atoms with E-state index in [9.17, 15) is 0 Å². The van der Waals surface area contributed by atoms with Gasteiger partial charge in [0.15, 0.2) is 0 Å². The quantitative estimate of drug-likeness (QED) is 0.622. The summed E-state index contributed by atoms with van der Waals surface area (Å²) in [6.45, 7) is 5.20. The van der Waals surface area contributed by atoms with E-state index in [0.29, 0.717) is 0 Å². The second-order valence-electron chi connectivity index (χ2n) is 6.63. The molecule has 0 spiro atoms. The van der Waals surface area contributed by atoms with Gasteiger partial charge in [0.25, 0.3) is 0 Å². The molecule has 3 aliphatic heterocycles. The zero-order valence-corrected chi connectivity index (χ0v) is 16.2. The Balaban J connectivity index is 1.54. The van der Waals surface area contributed by atoms with Crippen LogP contribution in [0.1, 0.15) is 0 Å². The summed E-state index contributed by atoms with van der Waals surface area (Å²) in [5.74, 6) is 0. The van der Waals surface area contributed by atoms with Gasteiger partial charge < -0.3 is 0 Å². The van der Waals surface area contributed by atoms with E-state index < -0.39 is 15.4 Å². The molecular formula is C19H21GeN2O3. The Labute approximate surface area is 152 Å². The third kappa shape index (κ3) is 3.00. The van der Waals surface area contributed by atoms with Crippen LogP contribution in [0.15, 0.2) is 48.5 Å². The van der Waals surface area contributed by atoms with Crippen molar-refractivity contribution in [2.75, 3.05) is 32.8 Å². The number of hydrogen-bond donors (Lipinski definition) is 0. The van der Waals surface area contributed by atoms with Crippen LogP contribution in [-0.2, 0) is 17.8 Å². The molecule has 1 aromatic heterocycles. The minimum absolute atomic E-state index is 0.106. The van der Waals surface area contributed by atoms with E-state index >= 15 is 0 Å². The molecule has 129 valence electrons. The van der Waals surface area contributed by atoms with Crippen molar-refractivity contribution in [3.8, 4) is 0 Å². The van der Waals surface area contributed by atoms with Crippen LogP contribution >= 0.6 is 0 Å². The van der Waals surface area contributed by atoms with Gasteiger partial charge in [0.05, 0.1) is 0 Å². The van der Waals surface area contributed by atoms with Gasteiger partial charge >= 0.3 is 152 Å². The second kappa shape index (κ2) is 6.74. The second-order valence-corrected chi connectivity index (χ2v) is 9.39. The summed E-state index contributed by atoms with van der Waals surface area (Å²) in [6.07, 6.45) is 0.106.